The van der Waals surface area contributed by atoms with Gasteiger partial charge in [-0.3, -0.25) is 0 Å². The summed E-state index contributed by atoms with van der Waals surface area (Å²) in [5, 5.41) is 7.70. The summed E-state index contributed by atoms with van der Waals surface area (Å²) < 4.78 is 11.4. The molecule has 3 rings (SSSR count). The third-order valence-electron chi connectivity index (χ3n) is 3.52. The number of carbonyl (C=O) groups excluding carboxylic acids is 1. The average molecular weight is 337 g/mol. The molecule has 0 aliphatic heterocycles. The monoisotopic (exact) mass is 337 g/mol. The summed E-state index contributed by atoms with van der Waals surface area (Å²) >= 11 is 0. The Morgan fingerprint density at radius 2 is 1.96 bits per heavy atom. The Labute approximate surface area is 145 Å². The largest absolute Gasteiger partial charge is 0.490 e. The van der Waals surface area contributed by atoms with Crippen LogP contribution in [0.4, 0.5) is 10.5 Å². The number of hydrogen-bond acceptors (Lipinski definition) is 4. The lowest BCUT2D eigenvalue weighted by molar-refractivity contribution is 0.252. The van der Waals surface area contributed by atoms with E-state index in [4.69, 9.17) is 9.15 Å². The maximum Gasteiger partial charge on any atom is 0.339 e. The summed E-state index contributed by atoms with van der Waals surface area (Å²) in [7, 11) is 0. The number of ether oxygens (including phenoxy) is 1. The number of nitrogens with zero attached hydrogens (tertiary/aromatic N) is 1. The number of anilines is 1. The van der Waals surface area contributed by atoms with Gasteiger partial charge in [0.15, 0.2) is 17.1 Å². The smallest absolute Gasteiger partial charge is 0.339 e. The van der Waals surface area contributed by atoms with Crippen molar-refractivity contribution >= 4 is 28.4 Å². The fourth-order valence-corrected chi connectivity index (χ4v) is 2.35. The minimum absolute atomic E-state index is 0.420. The van der Waals surface area contributed by atoms with Crippen LogP contribution in [-0.4, -0.2) is 18.3 Å². The number of amides is 2. The molecule has 3 aromatic rings. The molecule has 0 saturated heterocycles. The highest BCUT2D eigenvalue weighted by molar-refractivity contribution is 6.01. The van der Waals surface area contributed by atoms with Crippen LogP contribution in [0.1, 0.15) is 19.6 Å². The molecular weight excluding hydrogens is 318 g/mol. The van der Waals surface area contributed by atoms with Crippen molar-refractivity contribution in [3.05, 3.63) is 60.4 Å². The van der Waals surface area contributed by atoms with Crippen LogP contribution in [0.15, 0.2) is 64.1 Å². The van der Waals surface area contributed by atoms with Crippen molar-refractivity contribution < 1.29 is 13.9 Å². The van der Waals surface area contributed by atoms with Gasteiger partial charge >= 0.3 is 6.03 Å². The molecule has 0 fully saturated rings. The van der Waals surface area contributed by atoms with Crippen LogP contribution in [0.5, 0.6) is 5.75 Å². The van der Waals surface area contributed by atoms with Crippen LogP contribution in [-0.2, 0) is 0 Å². The number of fused-ring (bicyclic) bond motifs is 1. The molecule has 6 heteroatoms. The molecule has 2 aromatic carbocycles. The molecular formula is C19H19N3O3. The van der Waals surface area contributed by atoms with Crippen LogP contribution in [0.25, 0.3) is 11.0 Å². The Hall–Kier alpha value is -3.28. The van der Waals surface area contributed by atoms with E-state index in [1.54, 1.807) is 19.1 Å². The van der Waals surface area contributed by atoms with E-state index in [0.29, 0.717) is 35.1 Å². The summed E-state index contributed by atoms with van der Waals surface area (Å²) in [6.45, 7) is 4.24. The third kappa shape index (κ3) is 3.98. The van der Waals surface area contributed by atoms with Gasteiger partial charge in [-0.05, 0) is 38.1 Å². The lowest BCUT2D eigenvalue weighted by atomic mass is 10.2. The summed E-state index contributed by atoms with van der Waals surface area (Å²) in [5.41, 5.74) is 4.38. The van der Waals surface area contributed by atoms with Crippen molar-refractivity contribution in [2.24, 2.45) is 5.10 Å². The van der Waals surface area contributed by atoms with Crippen molar-refractivity contribution in [3.63, 3.8) is 0 Å². The van der Waals surface area contributed by atoms with Gasteiger partial charge in [-0.2, -0.15) is 5.10 Å². The molecule has 0 radical (unpaired) electrons. The molecule has 1 aromatic heterocycles. The van der Waals surface area contributed by atoms with Gasteiger partial charge in [0.1, 0.15) is 5.71 Å². The SMILES string of the molecule is CCOc1cccc2cc(/C(C)=N\NC(=O)Nc3ccccc3)oc12. The standard InChI is InChI=1S/C19H19N3O3/c1-3-24-16-11-7-8-14-12-17(25-18(14)16)13(2)21-22-19(23)20-15-9-5-4-6-10-15/h4-12H,3H2,1-2H3,(H2,20,22,23)/b21-13-. The van der Waals surface area contributed by atoms with Gasteiger partial charge in [0.25, 0.3) is 0 Å². The first-order chi connectivity index (χ1) is 12.2. The fourth-order valence-electron chi connectivity index (χ4n) is 2.35. The number of carbonyl (C=O) groups is 1. The third-order valence-corrected chi connectivity index (χ3v) is 3.52. The molecule has 0 aliphatic carbocycles. The molecule has 0 atom stereocenters. The zero-order valence-corrected chi connectivity index (χ0v) is 14.1. The Balaban J connectivity index is 1.72. The maximum absolute atomic E-state index is 11.9. The van der Waals surface area contributed by atoms with Crippen molar-refractivity contribution in [1.29, 1.82) is 0 Å². The lowest BCUT2D eigenvalue weighted by Crippen LogP contribution is -2.25. The summed E-state index contributed by atoms with van der Waals surface area (Å²) in [5.74, 6) is 1.26. The number of urea groups is 1. The van der Waals surface area contributed by atoms with Gasteiger partial charge < -0.3 is 14.5 Å². The molecule has 0 unspecified atom stereocenters. The van der Waals surface area contributed by atoms with Gasteiger partial charge in [-0.25, -0.2) is 10.2 Å². The van der Waals surface area contributed by atoms with Crippen molar-refractivity contribution in [1.82, 2.24) is 5.43 Å². The number of rotatable bonds is 5. The van der Waals surface area contributed by atoms with E-state index in [0.717, 1.165) is 5.39 Å². The lowest BCUT2D eigenvalue weighted by Gasteiger charge is -2.04. The highest BCUT2D eigenvalue weighted by Gasteiger charge is 2.11. The van der Waals surface area contributed by atoms with Crippen LogP contribution < -0.4 is 15.5 Å². The molecule has 25 heavy (non-hydrogen) atoms. The summed E-state index contributed by atoms with van der Waals surface area (Å²) in [4.78, 5) is 11.9. The first-order valence-electron chi connectivity index (χ1n) is 7.99. The Kier molecular flexibility index (Phi) is 4.99. The maximum atomic E-state index is 11.9. The zero-order valence-electron chi connectivity index (χ0n) is 14.1. The topological polar surface area (TPSA) is 75.9 Å². The minimum atomic E-state index is -0.420. The number of para-hydroxylation sites is 2. The molecule has 0 spiro atoms. The highest BCUT2D eigenvalue weighted by atomic mass is 16.5. The average Bonchev–Trinajstić information content (AvgIpc) is 3.06. The quantitative estimate of drug-likeness (QED) is 0.536. The van der Waals surface area contributed by atoms with Crippen LogP contribution >= 0.6 is 0 Å². The summed E-state index contributed by atoms with van der Waals surface area (Å²) in [6, 6.07) is 16.3. The predicted molar refractivity (Wildman–Crippen MR) is 98.2 cm³/mol. The van der Waals surface area contributed by atoms with E-state index >= 15 is 0 Å². The van der Waals surface area contributed by atoms with Gasteiger partial charge in [0.05, 0.1) is 6.61 Å². The van der Waals surface area contributed by atoms with Crippen LogP contribution in [0, 0.1) is 0 Å². The van der Waals surface area contributed by atoms with Crippen molar-refractivity contribution in [2.45, 2.75) is 13.8 Å². The number of furan rings is 1. The minimum Gasteiger partial charge on any atom is -0.490 e. The highest BCUT2D eigenvalue weighted by Crippen LogP contribution is 2.29. The molecule has 6 nitrogen and oxygen atoms in total. The van der Waals surface area contributed by atoms with E-state index in [-0.39, 0.29) is 0 Å². The molecule has 0 saturated carbocycles. The second-order valence-corrected chi connectivity index (χ2v) is 5.35. The second kappa shape index (κ2) is 7.53. The first-order valence-corrected chi connectivity index (χ1v) is 7.99. The normalized spacial score (nSPS) is 11.4. The molecule has 0 bridgehead atoms. The number of nitrogens with one attached hydrogen (secondary N) is 2. The van der Waals surface area contributed by atoms with Gasteiger partial charge in [0, 0.05) is 11.1 Å². The molecule has 2 amide bonds. The van der Waals surface area contributed by atoms with E-state index in [9.17, 15) is 4.79 Å². The van der Waals surface area contributed by atoms with E-state index in [1.165, 1.54) is 0 Å². The van der Waals surface area contributed by atoms with Crippen molar-refractivity contribution in [3.8, 4) is 5.75 Å². The molecule has 128 valence electrons. The van der Waals surface area contributed by atoms with Crippen LogP contribution in [0.3, 0.4) is 0 Å². The number of benzene rings is 2. The molecule has 2 N–H and O–H groups in total. The second-order valence-electron chi connectivity index (χ2n) is 5.35. The molecule has 0 aliphatic rings. The number of hydrogen-bond donors (Lipinski definition) is 2. The molecule has 1 heterocycles. The fraction of sp³-hybridized carbons (Fsp3) is 0.158. The Morgan fingerprint density at radius 1 is 1.16 bits per heavy atom. The van der Waals surface area contributed by atoms with Gasteiger partial charge in [0.2, 0.25) is 0 Å². The van der Waals surface area contributed by atoms with Gasteiger partial charge in [-0.15, -0.1) is 0 Å². The van der Waals surface area contributed by atoms with E-state index in [2.05, 4.69) is 15.8 Å². The van der Waals surface area contributed by atoms with E-state index < -0.39 is 6.03 Å². The Bertz CT molecular complexity index is 901. The Morgan fingerprint density at radius 3 is 2.72 bits per heavy atom. The first kappa shape index (κ1) is 16.6. The van der Waals surface area contributed by atoms with Gasteiger partial charge in [-0.1, -0.05) is 30.3 Å². The van der Waals surface area contributed by atoms with E-state index in [1.807, 2.05) is 49.4 Å². The number of hydrazone groups is 1. The van der Waals surface area contributed by atoms with Crippen LogP contribution in [0.2, 0.25) is 0 Å². The zero-order chi connectivity index (χ0) is 17.6. The van der Waals surface area contributed by atoms with Crippen molar-refractivity contribution in [2.75, 3.05) is 11.9 Å². The predicted octanol–water partition coefficient (Wildman–Crippen LogP) is 4.38. The summed E-state index contributed by atoms with van der Waals surface area (Å²) in [6.07, 6.45) is 0.